The van der Waals surface area contributed by atoms with Crippen LogP contribution in [0.2, 0.25) is 0 Å². The van der Waals surface area contributed by atoms with Gasteiger partial charge in [0, 0.05) is 12.6 Å². The molecule has 2 rings (SSSR count). The van der Waals surface area contributed by atoms with Crippen LogP contribution in [0.3, 0.4) is 0 Å². The minimum Gasteiger partial charge on any atom is -0.354 e. The molecule has 0 fully saturated rings. The van der Waals surface area contributed by atoms with Crippen molar-refractivity contribution >= 4 is 24.3 Å². The standard InChI is InChI=1S/C19H24N4O2.ClH/c1-13-7-5-6-10-15(13)17(23-19(21)25)11-18(24)22-12-16(20)14-8-3-2-4-9-14;/h2-10,16-17H,11-12,20H2,1H3,(H,22,24)(H3,21,23,25);1H. The summed E-state index contributed by atoms with van der Waals surface area (Å²) in [4.78, 5) is 23.6. The number of urea groups is 1. The molecule has 0 spiro atoms. The molecule has 0 aromatic heterocycles. The lowest BCUT2D eigenvalue weighted by atomic mass is 9.98. The number of amides is 3. The van der Waals surface area contributed by atoms with Gasteiger partial charge in [-0.25, -0.2) is 4.79 Å². The van der Waals surface area contributed by atoms with E-state index in [1.165, 1.54) is 0 Å². The zero-order valence-corrected chi connectivity index (χ0v) is 15.5. The second-order valence-electron chi connectivity index (χ2n) is 5.94. The number of hydrogen-bond acceptors (Lipinski definition) is 3. The molecule has 0 aliphatic rings. The van der Waals surface area contributed by atoms with Crippen LogP contribution < -0.4 is 22.1 Å². The molecular weight excluding hydrogens is 352 g/mol. The van der Waals surface area contributed by atoms with E-state index in [0.29, 0.717) is 6.54 Å². The number of halogens is 1. The van der Waals surface area contributed by atoms with E-state index in [9.17, 15) is 9.59 Å². The fourth-order valence-corrected chi connectivity index (χ4v) is 2.69. The van der Waals surface area contributed by atoms with Gasteiger partial charge < -0.3 is 22.1 Å². The van der Waals surface area contributed by atoms with Crippen molar-refractivity contribution in [2.75, 3.05) is 6.54 Å². The third-order valence-corrected chi connectivity index (χ3v) is 4.02. The molecule has 0 radical (unpaired) electrons. The Labute approximate surface area is 159 Å². The molecule has 7 heteroatoms. The maximum atomic E-state index is 12.3. The lowest BCUT2D eigenvalue weighted by Gasteiger charge is -2.20. The fraction of sp³-hybridized carbons (Fsp3) is 0.263. The molecule has 3 amide bonds. The van der Waals surface area contributed by atoms with Crippen LogP contribution in [0, 0.1) is 6.92 Å². The molecule has 6 N–H and O–H groups in total. The Balaban J connectivity index is 0.00000338. The number of benzene rings is 2. The normalized spacial score (nSPS) is 12.4. The van der Waals surface area contributed by atoms with Crippen LogP contribution >= 0.6 is 12.4 Å². The summed E-state index contributed by atoms with van der Waals surface area (Å²) in [5.74, 6) is -0.201. The molecular formula is C19H25ClN4O2. The van der Waals surface area contributed by atoms with Gasteiger partial charge in [-0.15, -0.1) is 12.4 Å². The van der Waals surface area contributed by atoms with Gasteiger partial charge in [0.1, 0.15) is 0 Å². The Hall–Kier alpha value is -2.57. The highest BCUT2D eigenvalue weighted by molar-refractivity contribution is 5.85. The predicted molar refractivity (Wildman–Crippen MR) is 105 cm³/mol. The van der Waals surface area contributed by atoms with Gasteiger partial charge in [-0.05, 0) is 23.6 Å². The molecule has 0 aliphatic heterocycles. The molecule has 0 saturated heterocycles. The minimum atomic E-state index is -0.665. The quantitative estimate of drug-likeness (QED) is 0.595. The van der Waals surface area contributed by atoms with E-state index in [-0.39, 0.29) is 30.8 Å². The lowest BCUT2D eigenvalue weighted by molar-refractivity contribution is -0.121. The molecule has 140 valence electrons. The Morgan fingerprint density at radius 2 is 1.65 bits per heavy atom. The lowest BCUT2D eigenvalue weighted by Crippen LogP contribution is -2.38. The SMILES string of the molecule is Cc1ccccc1C(CC(=O)NCC(N)c1ccccc1)NC(N)=O.Cl. The molecule has 0 aliphatic carbocycles. The summed E-state index contributed by atoms with van der Waals surface area (Å²) in [6, 6.07) is 15.7. The molecule has 26 heavy (non-hydrogen) atoms. The number of aryl methyl sites for hydroxylation is 1. The molecule has 6 nitrogen and oxygen atoms in total. The van der Waals surface area contributed by atoms with Crippen molar-refractivity contribution in [3.8, 4) is 0 Å². The van der Waals surface area contributed by atoms with Crippen molar-refractivity contribution in [1.29, 1.82) is 0 Å². The molecule has 2 atom stereocenters. The number of carbonyl (C=O) groups is 2. The first-order valence-corrected chi connectivity index (χ1v) is 8.16. The van der Waals surface area contributed by atoms with Gasteiger partial charge in [0.25, 0.3) is 0 Å². The van der Waals surface area contributed by atoms with Crippen LogP contribution in [-0.4, -0.2) is 18.5 Å². The summed E-state index contributed by atoms with van der Waals surface area (Å²) in [6.45, 7) is 2.24. The molecule has 2 aromatic carbocycles. The van der Waals surface area contributed by atoms with E-state index in [2.05, 4.69) is 10.6 Å². The van der Waals surface area contributed by atoms with Crippen molar-refractivity contribution < 1.29 is 9.59 Å². The van der Waals surface area contributed by atoms with Crippen molar-refractivity contribution in [2.45, 2.75) is 25.4 Å². The van der Waals surface area contributed by atoms with Crippen LogP contribution in [-0.2, 0) is 4.79 Å². The second-order valence-corrected chi connectivity index (χ2v) is 5.94. The zero-order chi connectivity index (χ0) is 18.2. The van der Waals surface area contributed by atoms with E-state index >= 15 is 0 Å². The number of nitrogens with two attached hydrogens (primary N) is 2. The third-order valence-electron chi connectivity index (χ3n) is 4.02. The Bertz CT molecular complexity index is 724. The Morgan fingerprint density at radius 3 is 2.27 bits per heavy atom. The van der Waals surface area contributed by atoms with Crippen molar-refractivity contribution in [3.05, 3.63) is 71.3 Å². The van der Waals surface area contributed by atoms with Crippen LogP contribution in [0.1, 0.15) is 35.2 Å². The van der Waals surface area contributed by atoms with Crippen LogP contribution in [0.25, 0.3) is 0 Å². The third kappa shape index (κ3) is 6.38. The van der Waals surface area contributed by atoms with E-state index in [1.54, 1.807) is 0 Å². The maximum absolute atomic E-state index is 12.3. The van der Waals surface area contributed by atoms with Crippen LogP contribution in [0.5, 0.6) is 0 Å². The molecule has 0 heterocycles. The van der Waals surface area contributed by atoms with Crippen LogP contribution in [0.4, 0.5) is 4.79 Å². The highest BCUT2D eigenvalue weighted by Crippen LogP contribution is 2.20. The summed E-state index contributed by atoms with van der Waals surface area (Å²) >= 11 is 0. The van der Waals surface area contributed by atoms with Gasteiger partial charge in [0.05, 0.1) is 12.5 Å². The highest BCUT2D eigenvalue weighted by Gasteiger charge is 2.19. The number of hydrogen-bond donors (Lipinski definition) is 4. The maximum Gasteiger partial charge on any atom is 0.312 e. The molecule has 0 bridgehead atoms. The van der Waals surface area contributed by atoms with E-state index in [4.69, 9.17) is 11.5 Å². The Morgan fingerprint density at radius 1 is 1.04 bits per heavy atom. The first kappa shape index (κ1) is 21.5. The fourth-order valence-electron chi connectivity index (χ4n) is 2.69. The zero-order valence-electron chi connectivity index (χ0n) is 14.6. The summed E-state index contributed by atoms with van der Waals surface area (Å²) < 4.78 is 0. The van der Waals surface area contributed by atoms with Gasteiger partial charge in [0.15, 0.2) is 0 Å². The van der Waals surface area contributed by atoms with Gasteiger partial charge >= 0.3 is 6.03 Å². The number of carbonyl (C=O) groups excluding carboxylic acids is 2. The summed E-state index contributed by atoms with van der Waals surface area (Å²) in [5.41, 5.74) is 14.1. The molecule has 2 aromatic rings. The van der Waals surface area contributed by atoms with Crippen molar-refractivity contribution in [2.24, 2.45) is 11.5 Å². The van der Waals surface area contributed by atoms with Crippen molar-refractivity contribution in [1.82, 2.24) is 10.6 Å². The molecule has 2 unspecified atom stereocenters. The van der Waals surface area contributed by atoms with Gasteiger partial charge in [-0.2, -0.15) is 0 Å². The van der Waals surface area contributed by atoms with Gasteiger partial charge in [0.2, 0.25) is 5.91 Å². The summed E-state index contributed by atoms with van der Waals surface area (Å²) in [5, 5.41) is 5.45. The minimum absolute atomic E-state index is 0. The summed E-state index contributed by atoms with van der Waals surface area (Å²) in [7, 11) is 0. The predicted octanol–water partition coefficient (Wildman–Crippen LogP) is 2.33. The topological polar surface area (TPSA) is 110 Å². The number of nitrogens with one attached hydrogen (secondary N) is 2. The number of primary amides is 1. The second kappa shape index (κ2) is 10.4. The smallest absolute Gasteiger partial charge is 0.312 e. The highest BCUT2D eigenvalue weighted by atomic mass is 35.5. The van der Waals surface area contributed by atoms with E-state index in [0.717, 1.165) is 16.7 Å². The largest absolute Gasteiger partial charge is 0.354 e. The van der Waals surface area contributed by atoms with Crippen molar-refractivity contribution in [3.63, 3.8) is 0 Å². The number of rotatable bonds is 7. The average molecular weight is 377 g/mol. The van der Waals surface area contributed by atoms with E-state index < -0.39 is 12.1 Å². The summed E-state index contributed by atoms with van der Waals surface area (Å²) in [6.07, 6.45) is 0.0926. The molecule has 0 saturated carbocycles. The monoisotopic (exact) mass is 376 g/mol. The Kier molecular flexibility index (Phi) is 8.61. The average Bonchev–Trinajstić information content (AvgIpc) is 2.60. The van der Waals surface area contributed by atoms with Gasteiger partial charge in [-0.1, -0.05) is 54.6 Å². The van der Waals surface area contributed by atoms with E-state index in [1.807, 2.05) is 61.5 Å². The van der Waals surface area contributed by atoms with Gasteiger partial charge in [-0.3, -0.25) is 4.79 Å². The first-order valence-electron chi connectivity index (χ1n) is 8.16. The first-order chi connectivity index (χ1) is 12.0. The van der Waals surface area contributed by atoms with Crippen LogP contribution in [0.15, 0.2) is 54.6 Å².